The minimum absolute atomic E-state index is 0.000465. The number of anilines is 8. The van der Waals surface area contributed by atoms with E-state index >= 15 is 4.57 Å². The molecule has 0 bridgehead atoms. The normalized spacial score (nSPS) is 16.6. The van der Waals surface area contributed by atoms with E-state index in [-0.39, 0.29) is 103 Å². The van der Waals surface area contributed by atoms with E-state index in [4.69, 9.17) is 54.2 Å². The fourth-order valence-electron chi connectivity index (χ4n) is 8.07. The summed E-state index contributed by atoms with van der Waals surface area (Å²) in [5.74, 6) is 0.661. The Balaban J connectivity index is 1.32. The van der Waals surface area contributed by atoms with Crippen molar-refractivity contribution < 1.29 is 40.5 Å². The van der Waals surface area contributed by atoms with Crippen molar-refractivity contribution >= 4 is 126 Å². The van der Waals surface area contributed by atoms with Gasteiger partial charge in [-0.25, -0.2) is 26.8 Å². The number of aliphatic hydroxyl groups excluding tert-OH is 1. The SMILES string of the molecule is COc1cc(P2(=O)CCN(CCO)CC2c2nc(Nc3cc(Cl)c(P(C)(C)=O)cc3OC)nc(Nc3ccccc3S(=O)(=O)C(C)C)c2Cl)ccc1Nc1ncc(Cl)c(Nc2ccccc2S(=O)(=O)C(C)C)n1. The van der Waals surface area contributed by atoms with Gasteiger partial charge in [0.15, 0.2) is 31.3 Å². The number of methoxy groups -OCH3 is 2. The molecule has 0 spiro atoms. The number of β-amino-alcohol motifs (C(OH)–C–C–N with tert-alkyl or cyclic N) is 1. The topological polar surface area (TPSA) is 244 Å². The van der Waals surface area contributed by atoms with Gasteiger partial charge in [-0.2, -0.15) is 9.97 Å². The van der Waals surface area contributed by atoms with Gasteiger partial charge in [0.1, 0.15) is 35.8 Å². The van der Waals surface area contributed by atoms with Crippen molar-refractivity contribution in [3.8, 4) is 11.5 Å². The highest BCUT2D eigenvalue weighted by atomic mass is 35.5. The maximum atomic E-state index is 16.1. The first-order valence-corrected chi connectivity index (χ1v) is 31.6. The molecule has 0 saturated carbocycles. The number of aromatic nitrogens is 4. The van der Waals surface area contributed by atoms with Crippen molar-refractivity contribution in [2.75, 3.05) is 81.2 Å². The second-order valence-corrected chi connectivity index (χ2v) is 30.5. The van der Waals surface area contributed by atoms with E-state index in [0.717, 1.165) is 0 Å². The lowest BCUT2D eigenvalue weighted by molar-refractivity contribution is 0.196. The van der Waals surface area contributed by atoms with Crippen molar-refractivity contribution in [3.63, 3.8) is 0 Å². The van der Waals surface area contributed by atoms with Gasteiger partial charge in [-0.3, -0.25) is 4.90 Å². The molecule has 1 fully saturated rings. The Bertz CT molecular complexity index is 3390. The summed E-state index contributed by atoms with van der Waals surface area (Å²) >= 11 is 20.6. The van der Waals surface area contributed by atoms with Crippen molar-refractivity contribution in [2.45, 2.75) is 53.6 Å². The van der Waals surface area contributed by atoms with Crippen molar-refractivity contribution in [1.29, 1.82) is 0 Å². The molecule has 1 aliphatic heterocycles. The predicted molar refractivity (Wildman–Crippen MR) is 293 cm³/mol. The minimum atomic E-state index is -3.83. The van der Waals surface area contributed by atoms with Crippen LogP contribution >= 0.6 is 49.1 Å². The third-order valence-electron chi connectivity index (χ3n) is 12.1. The lowest BCUT2D eigenvalue weighted by atomic mass is 10.2. The van der Waals surface area contributed by atoms with E-state index in [9.17, 15) is 26.5 Å². The summed E-state index contributed by atoms with van der Waals surface area (Å²) in [6.07, 6.45) is 1.48. The molecule has 1 aliphatic rings. The maximum Gasteiger partial charge on any atom is 0.229 e. The average Bonchev–Trinajstić information content (AvgIpc) is 3.34. The quantitative estimate of drug-likeness (QED) is 0.0474. The van der Waals surface area contributed by atoms with Crippen LogP contribution in [-0.2, 0) is 28.8 Å². The summed E-state index contributed by atoms with van der Waals surface area (Å²) in [5.41, 5.74) is 0.332. The fraction of sp³-hybridized carbons (Fsp3) is 0.333. The van der Waals surface area contributed by atoms with Crippen molar-refractivity contribution in [1.82, 2.24) is 24.8 Å². The van der Waals surface area contributed by atoms with Crippen molar-refractivity contribution in [3.05, 3.63) is 106 Å². The first kappa shape index (κ1) is 55.7. The third-order valence-corrected chi connectivity index (χ3v) is 22.6. The van der Waals surface area contributed by atoms with Gasteiger partial charge >= 0.3 is 0 Å². The Morgan fingerprint density at radius 1 is 0.740 bits per heavy atom. The van der Waals surface area contributed by atoms with Crippen LogP contribution in [-0.4, -0.2) is 117 Å². The molecule has 0 amide bonds. The lowest BCUT2D eigenvalue weighted by Gasteiger charge is -2.39. The van der Waals surface area contributed by atoms with E-state index in [1.54, 1.807) is 102 Å². The van der Waals surface area contributed by atoms with Gasteiger partial charge in [-0.1, -0.05) is 59.1 Å². The number of hydrogen-bond donors (Lipinski definition) is 5. The Hall–Kier alpha value is -5.01. The number of nitrogens with one attached hydrogen (secondary N) is 4. The highest BCUT2D eigenvalue weighted by molar-refractivity contribution is 7.92. The van der Waals surface area contributed by atoms with Crippen LogP contribution in [0.1, 0.15) is 39.0 Å². The number of hydrogen-bond acceptors (Lipinski definition) is 18. The van der Waals surface area contributed by atoms with E-state index in [0.29, 0.717) is 28.5 Å². The van der Waals surface area contributed by atoms with Gasteiger partial charge in [0.2, 0.25) is 11.9 Å². The number of nitrogens with zero attached hydrogens (tertiary/aromatic N) is 5. The summed E-state index contributed by atoms with van der Waals surface area (Å²) in [7, 11) is -11.1. The predicted octanol–water partition coefficient (Wildman–Crippen LogP) is 9.87. The van der Waals surface area contributed by atoms with Crippen LogP contribution in [0.5, 0.6) is 11.5 Å². The molecule has 390 valence electrons. The summed E-state index contributed by atoms with van der Waals surface area (Å²) in [6, 6.07) is 20.9. The van der Waals surface area contributed by atoms with E-state index in [1.165, 1.54) is 38.6 Å². The zero-order valence-electron chi connectivity index (χ0n) is 41.1. The first-order chi connectivity index (χ1) is 34.4. The molecule has 2 unspecified atom stereocenters. The van der Waals surface area contributed by atoms with Crippen LogP contribution in [0.15, 0.2) is 94.9 Å². The van der Waals surface area contributed by atoms with E-state index < -0.39 is 50.1 Å². The Morgan fingerprint density at radius 2 is 1.30 bits per heavy atom. The third kappa shape index (κ3) is 11.9. The van der Waals surface area contributed by atoms with Gasteiger partial charge in [0.05, 0.1) is 86.4 Å². The van der Waals surface area contributed by atoms with Gasteiger partial charge in [0.25, 0.3) is 0 Å². The molecular formula is C48H56Cl3N9O9P2S2. The number of para-hydroxylation sites is 2. The van der Waals surface area contributed by atoms with Crippen LogP contribution in [0.3, 0.4) is 0 Å². The largest absolute Gasteiger partial charge is 0.495 e. The highest BCUT2D eigenvalue weighted by Gasteiger charge is 2.44. The molecule has 0 aliphatic carbocycles. The second-order valence-electron chi connectivity index (χ2n) is 18.0. The molecule has 5 N–H and O–H groups in total. The monoisotopic (exact) mass is 1130 g/mol. The number of rotatable bonds is 19. The van der Waals surface area contributed by atoms with Gasteiger partial charge in [0, 0.05) is 36.4 Å². The van der Waals surface area contributed by atoms with Gasteiger partial charge < -0.3 is 45.0 Å². The molecule has 6 aromatic rings. The molecular weight excluding hydrogens is 1080 g/mol. The molecule has 3 heterocycles. The van der Waals surface area contributed by atoms with Gasteiger partial charge in [-0.15, -0.1) is 0 Å². The number of ether oxygens (including phenoxy) is 2. The van der Waals surface area contributed by atoms with E-state index in [2.05, 4.69) is 31.2 Å². The number of aliphatic hydroxyl groups is 1. The van der Waals surface area contributed by atoms with Crippen LogP contribution in [0.2, 0.25) is 15.1 Å². The smallest absolute Gasteiger partial charge is 0.229 e. The van der Waals surface area contributed by atoms with Crippen LogP contribution in [0, 0.1) is 0 Å². The van der Waals surface area contributed by atoms with E-state index in [1.807, 2.05) is 4.90 Å². The summed E-state index contributed by atoms with van der Waals surface area (Å²) in [6.45, 7) is 10.0. The number of sulfone groups is 2. The summed E-state index contributed by atoms with van der Waals surface area (Å²) < 4.78 is 94.6. The maximum absolute atomic E-state index is 16.1. The van der Waals surface area contributed by atoms with Crippen molar-refractivity contribution in [2.24, 2.45) is 0 Å². The zero-order valence-corrected chi connectivity index (χ0v) is 46.8. The van der Waals surface area contributed by atoms with Crippen LogP contribution in [0.25, 0.3) is 0 Å². The highest BCUT2D eigenvalue weighted by Crippen LogP contribution is 2.62. The molecule has 4 aromatic carbocycles. The Labute approximate surface area is 440 Å². The molecule has 2 aromatic heterocycles. The molecule has 0 radical (unpaired) electrons. The molecule has 25 heteroatoms. The molecule has 73 heavy (non-hydrogen) atoms. The lowest BCUT2D eigenvalue weighted by Crippen LogP contribution is -2.40. The van der Waals surface area contributed by atoms with Crippen LogP contribution in [0.4, 0.5) is 46.3 Å². The summed E-state index contributed by atoms with van der Waals surface area (Å²) in [4.78, 5) is 20.6. The number of halogens is 3. The molecule has 1 saturated heterocycles. The Morgan fingerprint density at radius 3 is 1.88 bits per heavy atom. The second kappa shape index (κ2) is 22.5. The first-order valence-electron chi connectivity index (χ1n) is 22.8. The Kier molecular flexibility index (Phi) is 17.1. The molecule has 7 rings (SSSR count). The molecule has 2 atom stereocenters. The number of benzene rings is 4. The van der Waals surface area contributed by atoms with Gasteiger partial charge in [-0.05, 0) is 95.6 Å². The zero-order chi connectivity index (χ0) is 53.2. The minimum Gasteiger partial charge on any atom is -0.495 e. The average molecular weight is 1140 g/mol. The summed E-state index contributed by atoms with van der Waals surface area (Å²) in [5, 5.41) is 22.2. The van der Waals surface area contributed by atoms with Crippen LogP contribution < -0.4 is 41.3 Å². The fourth-order valence-corrected chi connectivity index (χ4v) is 16.0. The molecule has 18 nitrogen and oxygen atoms in total. The standard InChI is InChI=1S/C48H56Cl3N9O9P2S2/c1-28(2)72(64,65)41-15-11-9-13-34(41)53-45-32(50)26-52-47(58-45)55-33-18-17-30(23-37(33)68-5)71(63)22-20-60(19-21-61)27-40(71)44-43(51)46(54-35-14-10-12-16-42(35)73(66,67)29(3)4)59-48(57-44)56-36-24-31(49)39(70(7,8)62)25-38(36)69-6/h9-18,23-26,28-29,40,61H,19-22,27H2,1-8H3,(H2,52,53,55,58)(H2,54,56,57,59).